The molecule has 142 valence electrons. The third-order valence-corrected chi connectivity index (χ3v) is 6.57. The highest BCUT2D eigenvalue weighted by atomic mass is 35.5. The summed E-state index contributed by atoms with van der Waals surface area (Å²) in [4.78, 5) is 13.9. The van der Waals surface area contributed by atoms with Crippen LogP contribution in [-0.2, 0) is 14.8 Å². The van der Waals surface area contributed by atoms with Crippen molar-refractivity contribution in [3.63, 3.8) is 0 Å². The first-order valence-electron chi connectivity index (χ1n) is 7.74. The summed E-state index contributed by atoms with van der Waals surface area (Å²) in [5.74, 6) is 0.0665. The molecule has 2 rings (SSSR count). The van der Waals surface area contributed by atoms with Gasteiger partial charge in [-0.1, -0.05) is 23.2 Å². The molecule has 1 fully saturated rings. The standard InChI is InChI=1S/C15H21Cl2N3O3S.ClH/c1-18-6-2-3-15(21)19-7-9-20(10-8-19)24(22,23)12-4-5-13(16)14(17)11-12;/h4-5,11,18H,2-3,6-10H2,1H3;1H. The van der Waals surface area contributed by atoms with Crippen molar-refractivity contribution in [1.29, 1.82) is 0 Å². The molecule has 0 aromatic heterocycles. The Labute approximate surface area is 164 Å². The number of sulfonamides is 1. The third kappa shape index (κ3) is 5.70. The second-order valence-corrected chi connectivity index (χ2v) is 8.32. The Morgan fingerprint density at radius 2 is 1.80 bits per heavy atom. The van der Waals surface area contributed by atoms with Crippen LogP contribution in [0.5, 0.6) is 0 Å². The van der Waals surface area contributed by atoms with Crippen LogP contribution in [-0.4, -0.2) is 63.3 Å². The number of carbonyl (C=O) groups excluding carboxylic acids is 1. The van der Waals surface area contributed by atoms with Gasteiger partial charge < -0.3 is 10.2 Å². The summed E-state index contributed by atoms with van der Waals surface area (Å²) in [6, 6.07) is 4.27. The molecule has 25 heavy (non-hydrogen) atoms. The largest absolute Gasteiger partial charge is 0.340 e. The zero-order valence-electron chi connectivity index (χ0n) is 13.9. The number of nitrogens with zero attached hydrogens (tertiary/aromatic N) is 2. The van der Waals surface area contributed by atoms with Gasteiger partial charge in [0.2, 0.25) is 15.9 Å². The molecule has 1 N–H and O–H groups in total. The minimum absolute atomic E-state index is 0. The average Bonchev–Trinajstić information content (AvgIpc) is 2.57. The summed E-state index contributed by atoms with van der Waals surface area (Å²) in [6.07, 6.45) is 1.25. The molecule has 1 aromatic rings. The Bertz CT molecular complexity index is 693. The van der Waals surface area contributed by atoms with E-state index < -0.39 is 10.0 Å². The quantitative estimate of drug-likeness (QED) is 0.703. The molecular weight excluding hydrogens is 409 g/mol. The molecule has 0 unspecified atom stereocenters. The van der Waals surface area contributed by atoms with Crippen LogP contribution in [0.25, 0.3) is 0 Å². The number of hydrogen-bond acceptors (Lipinski definition) is 4. The van der Waals surface area contributed by atoms with Crippen LogP contribution in [0.3, 0.4) is 0 Å². The maximum Gasteiger partial charge on any atom is 0.243 e. The molecule has 1 aliphatic rings. The fourth-order valence-corrected chi connectivity index (χ4v) is 4.35. The van der Waals surface area contributed by atoms with Gasteiger partial charge in [0.25, 0.3) is 0 Å². The van der Waals surface area contributed by atoms with Crippen molar-refractivity contribution < 1.29 is 13.2 Å². The van der Waals surface area contributed by atoms with Gasteiger partial charge in [-0.2, -0.15) is 4.31 Å². The average molecular weight is 431 g/mol. The Morgan fingerprint density at radius 3 is 2.36 bits per heavy atom. The van der Waals surface area contributed by atoms with Gasteiger partial charge in [-0.25, -0.2) is 8.42 Å². The summed E-state index contributed by atoms with van der Waals surface area (Å²) in [7, 11) is -1.78. The Morgan fingerprint density at radius 1 is 1.16 bits per heavy atom. The summed E-state index contributed by atoms with van der Waals surface area (Å²) < 4.78 is 26.7. The number of rotatable bonds is 6. The molecule has 1 aromatic carbocycles. The highest BCUT2D eigenvalue weighted by Crippen LogP contribution is 2.27. The van der Waals surface area contributed by atoms with E-state index in [2.05, 4.69) is 5.32 Å². The molecular formula is C15H22Cl3N3O3S. The van der Waals surface area contributed by atoms with Crippen LogP contribution in [0.1, 0.15) is 12.8 Å². The number of amides is 1. The SMILES string of the molecule is CNCCCC(=O)N1CCN(S(=O)(=O)c2ccc(Cl)c(Cl)c2)CC1.Cl. The molecule has 0 spiro atoms. The van der Waals surface area contributed by atoms with Gasteiger partial charge in [0, 0.05) is 32.6 Å². The summed E-state index contributed by atoms with van der Waals surface area (Å²) >= 11 is 11.7. The third-order valence-electron chi connectivity index (χ3n) is 3.94. The van der Waals surface area contributed by atoms with Gasteiger partial charge >= 0.3 is 0 Å². The fourth-order valence-electron chi connectivity index (χ4n) is 2.54. The van der Waals surface area contributed by atoms with E-state index in [0.29, 0.717) is 24.5 Å². The lowest BCUT2D eigenvalue weighted by Gasteiger charge is -2.34. The second-order valence-electron chi connectivity index (χ2n) is 5.57. The summed E-state index contributed by atoms with van der Waals surface area (Å²) in [5, 5.41) is 3.52. The summed E-state index contributed by atoms with van der Waals surface area (Å²) in [5.41, 5.74) is 0. The van der Waals surface area contributed by atoms with E-state index in [0.717, 1.165) is 13.0 Å². The Hall–Kier alpha value is -0.570. The molecule has 0 radical (unpaired) electrons. The van der Waals surface area contributed by atoms with Crippen molar-refractivity contribution in [3.05, 3.63) is 28.2 Å². The molecule has 0 bridgehead atoms. The number of piperazine rings is 1. The highest BCUT2D eigenvalue weighted by molar-refractivity contribution is 7.89. The van der Waals surface area contributed by atoms with Crippen LogP contribution in [0.4, 0.5) is 0 Å². The number of carbonyl (C=O) groups is 1. The molecule has 1 heterocycles. The molecule has 0 saturated carbocycles. The lowest BCUT2D eigenvalue weighted by molar-refractivity contribution is -0.132. The minimum Gasteiger partial charge on any atom is -0.340 e. The number of benzene rings is 1. The zero-order chi connectivity index (χ0) is 17.7. The smallest absolute Gasteiger partial charge is 0.243 e. The van der Waals surface area contributed by atoms with Crippen molar-refractivity contribution >= 4 is 51.5 Å². The van der Waals surface area contributed by atoms with Crippen molar-refractivity contribution in [2.24, 2.45) is 0 Å². The van der Waals surface area contributed by atoms with E-state index in [1.165, 1.54) is 22.5 Å². The topological polar surface area (TPSA) is 69.7 Å². The van der Waals surface area contributed by atoms with Crippen molar-refractivity contribution in [2.45, 2.75) is 17.7 Å². The van der Waals surface area contributed by atoms with Crippen LogP contribution < -0.4 is 5.32 Å². The zero-order valence-corrected chi connectivity index (χ0v) is 17.0. The van der Waals surface area contributed by atoms with E-state index >= 15 is 0 Å². The lowest BCUT2D eigenvalue weighted by atomic mass is 10.2. The Balaban J connectivity index is 0.00000312. The van der Waals surface area contributed by atoms with Gasteiger partial charge in [-0.3, -0.25) is 4.79 Å². The first-order chi connectivity index (χ1) is 11.4. The molecule has 0 atom stereocenters. The van der Waals surface area contributed by atoms with Crippen LogP contribution in [0.15, 0.2) is 23.1 Å². The number of halogens is 3. The Kier molecular flexibility index (Phi) is 8.94. The van der Waals surface area contributed by atoms with Gasteiger partial charge in [0.05, 0.1) is 14.9 Å². The molecule has 1 aliphatic heterocycles. The van der Waals surface area contributed by atoms with Crippen molar-refractivity contribution in [1.82, 2.24) is 14.5 Å². The van der Waals surface area contributed by atoms with Gasteiger partial charge in [0.1, 0.15) is 0 Å². The monoisotopic (exact) mass is 429 g/mol. The molecule has 1 saturated heterocycles. The number of nitrogens with one attached hydrogen (secondary N) is 1. The first-order valence-corrected chi connectivity index (χ1v) is 9.93. The number of hydrogen-bond donors (Lipinski definition) is 1. The van der Waals surface area contributed by atoms with Gasteiger partial charge in [-0.05, 0) is 38.2 Å². The second kappa shape index (κ2) is 9.94. The van der Waals surface area contributed by atoms with Crippen molar-refractivity contribution in [3.8, 4) is 0 Å². The maximum atomic E-state index is 12.7. The van der Waals surface area contributed by atoms with E-state index in [9.17, 15) is 13.2 Å². The fraction of sp³-hybridized carbons (Fsp3) is 0.533. The van der Waals surface area contributed by atoms with Gasteiger partial charge in [0.15, 0.2) is 0 Å². The highest BCUT2D eigenvalue weighted by Gasteiger charge is 2.30. The van der Waals surface area contributed by atoms with E-state index in [-0.39, 0.29) is 41.3 Å². The van der Waals surface area contributed by atoms with Gasteiger partial charge in [-0.15, -0.1) is 12.4 Å². The van der Waals surface area contributed by atoms with E-state index in [4.69, 9.17) is 23.2 Å². The van der Waals surface area contributed by atoms with Crippen molar-refractivity contribution in [2.75, 3.05) is 39.8 Å². The maximum absolute atomic E-state index is 12.7. The first kappa shape index (κ1) is 22.5. The summed E-state index contributed by atoms with van der Waals surface area (Å²) in [6.45, 7) is 2.15. The van der Waals surface area contributed by atoms with Crippen LogP contribution >= 0.6 is 35.6 Å². The van der Waals surface area contributed by atoms with E-state index in [1.54, 1.807) is 4.90 Å². The molecule has 10 heteroatoms. The minimum atomic E-state index is -3.63. The van der Waals surface area contributed by atoms with Crippen LogP contribution in [0, 0.1) is 0 Å². The van der Waals surface area contributed by atoms with E-state index in [1.807, 2.05) is 7.05 Å². The molecule has 6 nitrogen and oxygen atoms in total. The predicted octanol–water partition coefficient (Wildman–Crippen LogP) is 2.25. The lowest BCUT2D eigenvalue weighted by Crippen LogP contribution is -2.50. The molecule has 1 amide bonds. The normalized spacial score (nSPS) is 15.7. The molecule has 0 aliphatic carbocycles. The van der Waals surface area contributed by atoms with Crippen LogP contribution in [0.2, 0.25) is 10.0 Å². The predicted molar refractivity (Wildman–Crippen MR) is 102 cm³/mol.